The van der Waals surface area contributed by atoms with Crippen molar-refractivity contribution in [2.45, 2.75) is 13.5 Å². The van der Waals surface area contributed by atoms with Gasteiger partial charge in [-0.05, 0) is 6.92 Å². The molecule has 14 heavy (non-hydrogen) atoms. The maximum absolute atomic E-state index is 11.7. The lowest BCUT2D eigenvalue weighted by Crippen LogP contribution is -2.31. The number of hydrogen-bond acceptors (Lipinski definition) is 3. The van der Waals surface area contributed by atoms with Gasteiger partial charge in [0, 0.05) is 38.4 Å². The summed E-state index contributed by atoms with van der Waals surface area (Å²) in [5.41, 5.74) is -0.0670. The maximum Gasteiger partial charge on any atom is 0.293 e. The molecule has 1 rings (SSSR count). The predicted molar refractivity (Wildman–Crippen MR) is 58.2 cm³/mol. The van der Waals surface area contributed by atoms with E-state index in [2.05, 4.69) is 4.98 Å². The Morgan fingerprint density at radius 1 is 1.64 bits per heavy atom. The van der Waals surface area contributed by atoms with Gasteiger partial charge < -0.3 is 9.47 Å². The van der Waals surface area contributed by atoms with Crippen LogP contribution in [0.3, 0.4) is 0 Å². The van der Waals surface area contributed by atoms with E-state index in [1.807, 2.05) is 14.0 Å². The Morgan fingerprint density at radius 2 is 2.36 bits per heavy atom. The van der Waals surface area contributed by atoms with Crippen LogP contribution in [-0.4, -0.2) is 29.0 Å². The van der Waals surface area contributed by atoms with E-state index in [1.165, 1.54) is 0 Å². The molecule has 1 aromatic heterocycles. The number of rotatable bonds is 4. The van der Waals surface area contributed by atoms with Crippen LogP contribution in [0.1, 0.15) is 6.92 Å². The van der Waals surface area contributed by atoms with Crippen LogP contribution in [-0.2, 0) is 6.54 Å². The van der Waals surface area contributed by atoms with E-state index in [-0.39, 0.29) is 5.56 Å². The van der Waals surface area contributed by atoms with Crippen molar-refractivity contribution in [3.8, 4) is 0 Å². The van der Waals surface area contributed by atoms with Gasteiger partial charge in [-0.25, -0.2) is 4.98 Å². The zero-order valence-corrected chi connectivity index (χ0v) is 9.16. The molecule has 0 N–H and O–H groups in total. The van der Waals surface area contributed by atoms with Gasteiger partial charge in [0.05, 0.1) is 0 Å². The lowest BCUT2D eigenvalue weighted by atomic mass is 10.5. The molecule has 0 bridgehead atoms. The van der Waals surface area contributed by atoms with E-state index in [9.17, 15) is 4.79 Å². The molecule has 0 spiro atoms. The third kappa shape index (κ3) is 2.26. The van der Waals surface area contributed by atoms with Gasteiger partial charge in [0.2, 0.25) is 0 Å². The minimum atomic E-state index is -0.0670. The third-order valence-electron chi connectivity index (χ3n) is 2.02. The van der Waals surface area contributed by atoms with Crippen molar-refractivity contribution in [1.29, 1.82) is 0 Å². The van der Waals surface area contributed by atoms with Gasteiger partial charge in [-0.3, -0.25) is 4.79 Å². The number of hydrogen-bond donors (Lipinski definition) is 0. The molecule has 4 nitrogen and oxygen atoms in total. The molecule has 0 atom stereocenters. The van der Waals surface area contributed by atoms with Crippen molar-refractivity contribution in [1.82, 2.24) is 9.55 Å². The van der Waals surface area contributed by atoms with E-state index >= 15 is 0 Å². The van der Waals surface area contributed by atoms with Gasteiger partial charge in [0.1, 0.15) is 0 Å². The Hall–Kier alpha value is -1.03. The molecule has 0 unspecified atom stereocenters. The lowest BCUT2D eigenvalue weighted by Gasteiger charge is -2.16. The number of alkyl halides is 1. The predicted octanol–water partition coefficient (Wildman–Crippen LogP) is 0.938. The summed E-state index contributed by atoms with van der Waals surface area (Å²) in [4.78, 5) is 17.5. The smallest absolute Gasteiger partial charge is 0.293 e. The summed E-state index contributed by atoms with van der Waals surface area (Å²) in [5, 5.41) is 0. The molecule has 0 aliphatic heterocycles. The number of aryl methyl sites for hydroxylation is 1. The molecule has 0 aromatic carbocycles. The molecular formula is C9H14ClN3O. The van der Waals surface area contributed by atoms with Gasteiger partial charge in [0.15, 0.2) is 5.82 Å². The zero-order valence-electron chi connectivity index (χ0n) is 8.40. The van der Waals surface area contributed by atoms with Gasteiger partial charge >= 0.3 is 0 Å². The quantitative estimate of drug-likeness (QED) is 0.702. The van der Waals surface area contributed by atoms with E-state index in [0.717, 1.165) is 0 Å². The number of anilines is 1. The van der Waals surface area contributed by atoms with Gasteiger partial charge in [-0.1, -0.05) is 0 Å². The molecule has 0 saturated carbocycles. The lowest BCUT2D eigenvalue weighted by molar-refractivity contribution is 0.710. The van der Waals surface area contributed by atoms with Crippen LogP contribution < -0.4 is 10.5 Å². The number of aromatic nitrogens is 2. The average molecular weight is 216 g/mol. The van der Waals surface area contributed by atoms with Crippen LogP contribution in [0, 0.1) is 0 Å². The molecule has 78 valence electrons. The SMILES string of the molecule is CCn1ccnc(N(C)CCCl)c1=O. The number of halogens is 1. The second kappa shape index (κ2) is 5.00. The molecular weight excluding hydrogens is 202 g/mol. The highest BCUT2D eigenvalue weighted by molar-refractivity contribution is 6.18. The Kier molecular flexibility index (Phi) is 3.95. The topological polar surface area (TPSA) is 38.1 Å². The summed E-state index contributed by atoms with van der Waals surface area (Å²) in [7, 11) is 1.81. The second-order valence-corrected chi connectivity index (χ2v) is 3.33. The van der Waals surface area contributed by atoms with E-state index in [0.29, 0.717) is 24.8 Å². The number of nitrogens with zero attached hydrogens (tertiary/aromatic N) is 3. The molecule has 1 aromatic rings. The summed E-state index contributed by atoms with van der Waals surface area (Å²) < 4.78 is 1.62. The molecule has 0 aliphatic carbocycles. The fourth-order valence-electron chi connectivity index (χ4n) is 1.18. The Morgan fingerprint density at radius 3 is 2.93 bits per heavy atom. The highest BCUT2D eigenvalue weighted by Crippen LogP contribution is 2.00. The highest BCUT2D eigenvalue weighted by Gasteiger charge is 2.07. The van der Waals surface area contributed by atoms with E-state index in [4.69, 9.17) is 11.6 Å². The van der Waals surface area contributed by atoms with Crippen LogP contribution in [0.2, 0.25) is 0 Å². The molecule has 0 saturated heterocycles. The first-order valence-electron chi connectivity index (χ1n) is 4.53. The molecule has 0 aliphatic rings. The first-order valence-corrected chi connectivity index (χ1v) is 5.06. The van der Waals surface area contributed by atoms with Gasteiger partial charge in [0.25, 0.3) is 5.56 Å². The molecule has 0 fully saturated rings. The van der Waals surface area contributed by atoms with Gasteiger partial charge in [-0.2, -0.15) is 0 Å². The zero-order chi connectivity index (χ0) is 10.6. The summed E-state index contributed by atoms with van der Waals surface area (Å²) in [6.07, 6.45) is 3.31. The van der Waals surface area contributed by atoms with E-state index in [1.54, 1.807) is 21.9 Å². The van der Waals surface area contributed by atoms with Crippen molar-refractivity contribution >= 4 is 17.4 Å². The Bertz CT molecular complexity index is 350. The largest absolute Gasteiger partial charge is 0.354 e. The molecule has 5 heteroatoms. The summed E-state index contributed by atoms with van der Waals surface area (Å²) >= 11 is 5.59. The minimum absolute atomic E-state index is 0.0670. The third-order valence-corrected chi connectivity index (χ3v) is 2.19. The maximum atomic E-state index is 11.7. The highest BCUT2D eigenvalue weighted by atomic mass is 35.5. The molecule has 0 radical (unpaired) electrons. The first kappa shape index (κ1) is 11.0. The first-order chi connectivity index (χ1) is 6.70. The fraction of sp³-hybridized carbons (Fsp3) is 0.556. The van der Waals surface area contributed by atoms with Crippen molar-refractivity contribution in [3.05, 3.63) is 22.7 Å². The molecule has 1 heterocycles. The van der Waals surface area contributed by atoms with Crippen molar-refractivity contribution in [3.63, 3.8) is 0 Å². The second-order valence-electron chi connectivity index (χ2n) is 2.95. The fourth-order valence-corrected chi connectivity index (χ4v) is 1.43. The van der Waals surface area contributed by atoms with Gasteiger partial charge in [-0.15, -0.1) is 11.6 Å². The van der Waals surface area contributed by atoms with Crippen LogP contribution in [0.25, 0.3) is 0 Å². The van der Waals surface area contributed by atoms with Crippen LogP contribution in [0.5, 0.6) is 0 Å². The standard InChI is InChI=1S/C9H14ClN3O/c1-3-13-7-5-11-8(9(13)14)12(2)6-4-10/h5,7H,3-4,6H2,1-2H3. The average Bonchev–Trinajstić information content (AvgIpc) is 2.18. The normalized spacial score (nSPS) is 10.2. The minimum Gasteiger partial charge on any atom is -0.354 e. The van der Waals surface area contributed by atoms with Crippen LogP contribution >= 0.6 is 11.6 Å². The Balaban J connectivity index is 3.03. The summed E-state index contributed by atoms with van der Waals surface area (Å²) in [5.74, 6) is 0.938. The Labute approximate surface area is 88.1 Å². The van der Waals surface area contributed by atoms with Crippen molar-refractivity contribution < 1.29 is 0 Å². The van der Waals surface area contributed by atoms with E-state index < -0.39 is 0 Å². The summed E-state index contributed by atoms with van der Waals surface area (Å²) in [6.45, 7) is 3.20. The molecule has 0 amide bonds. The summed E-state index contributed by atoms with van der Waals surface area (Å²) in [6, 6.07) is 0. The van der Waals surface area contributed by atoms with Crippen molar-refractivity contribution in [2.24, 2.45) is 0 Å². The monoisotopic (exact) mass is 215 g/mol. The van der Waals surface area contributed by atoms with Crippen LogP contribution in [0.4, 0.5) is 5.82 Å². The van der Waals surface area contributed by atoms with Crippen LogP contribution in [0.15, 0.2) is 17.2 Å². The van der Waals surface area contributed by atoms with Crippen molar-refractivity contribution in [2.75, 3.05) is 24.4 Å².